The highest BCUT2D eigenvalue weighted by Gasteiger charge is 2.19. The largest absolute Gasteiger partial charge is 0.490 e. The van der Waals surface area contributed by atoms with Gasteiger partial charge in [0.15, 0.2) is 0 Å². The molecule has 0 amide bonds. The Kier molecular flexibility index (Phi) is 4.59. The molecule has 0 bridgehead atoms. The van der Waals surface area contributed by atoms with Gasteiger partial charge in [0.05, 0.1) is 0 Å². The molecule has 1 saturated carbocycles. The molecule has 0 saturated heterocycles. The molecule has 0 radical (unpaired) electrons. The van der Waals surface area contributed by atoms with E-state index in [1.54, 1.807) is 6.08 Å². The van der Waals surface area contributed by atoms with Gasteiger partial charge >= 0.3 is 0 Å². The van der Waals surface area contributed by atoms with Crippen molar-refractivity contribution in [1.29, 1.82) is 0 Å². The minimum absolute atomic E-state index is 0.555. The number of benzene rings is 1. The SMILES string of the molecule is C=CCOc1ccc(C=C(C)CNC2CC2)cc1. The Hall–Kier alpha value is -1.54. The predicted molar refractivity (Wildman–Crippen MR) is 76.8 cm³/mol. The maximum absolute atomic E-state index is 5.45. The van der Waals surface area contributed by atoms with Crippen molar-refractivity contribution in [3.63, 3.8) is 0 Å². The molecule has 1 aliphatic rings. The summed E-state index contributed by atoms with van der Waals surface area (Å²) in [4.78, 5) is 0. The van der Waals surface area contributed by atoms with Gasteiger partial charge in [-0.05, 0) is 37.5 Å². The van der Waals surface area contributed by atoms with Crippen LogP contribution in [0.1, 0.15) is 25.3 Å². The van der Waals surface area contributed by atoms with Gasteiger partial charge in [-0.3, -0.25) is 0 Å². The molecule has 2 rings (SSSR count). The van der Waals surface area contributed by atoms with E-state index in [1.165, 1.54) is 24.0 Å². The van der Waals surface area contributed by atoms with Crippen LogP contribution in [0.5, 0.6) is 5.75 Å². The second-order valence-electron chi connectivity index (χ2n) is 4.81. The summed E-state index contributed by atoms with van der Waals surface area (Å²) >= 11 is 0. The minimum atomic E-state index is 0.555. The predicted octanol–water partition coefficient (Wildman–Crippen LogP) is 3.41. The standard InChI is InChI=1S/C16H21NO/c1-3-10-18-16-8-4-14(5-9-16)11-13(2)12-17-15-6-7-15/h3-5,8-9,11,15,17H,1,6-7,10,12H2,2H3. The monoisotopic (exact) mass is 243 g/mol. The first-order valence-corrected chi connectivity index (χ1v) is 6.52. The van der Waals surface area contributed by atoms with Crippen LogP contribution in [0.15, 0.2) is 42.5 Å². The highest BCUT2D eigenvalue weighted by atomic mass is 16.5. The van der Waals surface area contributed by atoms with Gasteiger partial charge in [0, 0.05) is 12.6 Å². The van der Waals surface area contributed by atoms with E-state index in [0.717, 1.165) is 18.3 Å². The van der Waals surface area contributed by atoms with Gasteiger partial charge in [0.1, 0.15) is 12.4 Å². The fourth-order valence-electron chi connectivity index (χ4n) is 1.74. The van der Waals surface area contributed by atoms with Crippen LogP contribution >= 0.6 is 0 Å². The van der Waals surface area contributed by atoms with Crippen molar-refractivity contribution in [3.05, 3.63) is 48.1 Å². The van der Waals surface area contributed by atoms with Crippen molar-refractivity contribution in [2.45, 2.75) is 25.8 Å². The maximum atomic E-state index is 5.45. The molecule has 96 valence electrons. The van der Waals surface area contributed by atoms with E-state index >= 15 is 0 Å². The Balaban J connectivity index is 1.86. The molecular weight excluding hydrogens is 222 g/mol. The molecule has 0 unspecified atom stereocenters. The fraction of sp³-hybridized carbons (Fsp3) is 0.375. The molecule has 2 nitrogen and oxygen atoms in total. The third-order valence-electron chi connectivity index (χ3n) is 2.91. The highest BCUT2D eigenvalue weighted by molar-refractivity contribution is 5.53. The van der Waals surface area contributed by atoms with Crippen molar-refractivity contribution in [1.82, 2.24) is 5.32 Å². The Morgan fingerprint density at radius 2 is 2.11 bits per heavy atom. The number of ether oxygens (including phenoxy) is 1. The van der Waals surface area contributed by atoms with E-state index in [2.05, 4.69) is 37.0 Å². The van der Waals surface area contributed by atoms with Crippen LogP contribution in [0.4, 0.5) is 0 Å². The molecule has 1 aromatic carbocycles. The van der Waals surface area contributed by atoms with Gasteiger partial charge in [-0.25, -0.2) is 0 Å². The Bertz CT molecular complexity index is 415. The number of rotatable bonds is 7. The molecule has 2 heteroatoms. The quantitative estimate of drug-likeness (QED) is 0.741. The zero-order valence-electron chi connectivity index (χ0n) is 11.0. The van der Waals surface area contributed by atoms with Crippen molar-refractivity contribution < 1.29 is 4.74 Å². The van der Waals surface area contributed by atoms with E-state index in [1.807, 2.05) is 12.1 Å². The molecular formula is C16H21NO. The smallest absolute Gasteiger partial charge is 0.119 e. The molecule has 0 heterocycles. The van der Waals surface area contributed by atoms with Crippen LogP contribution in [-0.2, 0) is 0 Å². The molecule has 1 fully saturated rings. The zero-order chi connectivity index (χ0) is 12.8. The second kappa shape index (κ2) is 6.41. The molecule has 0 aromatic heterocycles. The first-order valence-electron chi connectivity index (χ1n) is 6.52. The summed E-state index contributed by atoms with van der Waals surface area (Å²) in [6, 6.07) is 8.93. The molecule has 1 aliphatic carbocycles. The summed E-state index contributed by atoms with van der Waals surface area (Å²) in [7, 11) is 0. The minimum Gasteiger partial charge on any atom is -0.490 e. The van der Waals surface area contributed by atoms with Crippen LogP contribution < -0.4 is 10.1 Å². The lowest BCUT2D eigenvalue weighted by Crippen LogP contribution is -2.18. The van der Waals surface area contributed by atoms with E-state index in [0.29, 0.717) is 6.61 Å². The Morgan fingerprint density at radius 1 is 1.39 bits per heavy atom. The topological polar surface area (TPSA) is 21.3 Å². The van der Waals surface area contributed by atoms with E-state index in [4.69, 9.17) is 4.74 Å². The third kappa shape index (κ3) is 4.38. The number of hydrogen-bond donors (Lipinski definition) is 1. The fourth-order valence-corrected chi connectivity index (χ4v) is 1.74. The summed E-state index contributed by atoms with van der Waals surface area (Å²) < 4.78 is 5.45. The molecule has 0 aliphatic heterocycles. The van der Waals surface area contributed by atoms with Crippen LogP contribution in [0, 0.1) is 0 Å². The van der Waals surface area contributed by atoms with Crippen molar-refractivity contribution in [2.24, 2.45) is 0 Å². The summed E-state index contributed by atoms with van der Waals surface area (Å²) in [6.07, 6.45) is 6.64. The maximum Gasteiger partial charge on any atom is 0.119 e. The second-order valence-corrected chi connectivity index (χ2v) is 4.81. The van der Waals surface area contributed by atoms with Gasteiger partial charge in [-0.1, -0.05) is 36.4 Å². The lowest BCUT2D eigenvalue weighted by Gasteiger charge is -2.05. The van der Waals surface area contributed by atoms with Crippen molar-refractivity contribution >= 4 is 6.08 Å². The van der Waals surface area contributed by atoms with Crippen LogP contribution in [-0.4, -0.2) is 19.2 Å². The van der Waals surface area contributed by atoms with Gasteiger partial charge in [0.25, 0.3) is 0 Å². The van der Waals surface area contributed by atoms with Crippen molar-refractivity contribution in [2.75, 3.05) is 13.2 Å². The van der Waals surface area contributed by atoms with Crippen LogP contribution in [0.3, 0.4) is 0 Å². The number of hydrogen-bond acceptors (Lipinski definition) is 2. The molecule has 18 heavy (non-hydrogen) atoms. The number of nitrogens with one attached hydrogen (secondary N) is 1. The first kappa shape index (κ1) is 12.9. The van der Waals surface area contributed by atoms with Gasteiger partial charge in [-0.2, -0.15) is 0 Å². The van der Waals surface area contributed by atoms with Crippen molar-refractivity contribution in [3.8, 4) is 5.75 Å². The van der Waals surface area contributed by atoms with E-state index < -0.39 is 0 Å². The zero-order valence-corrected chi connectivity index (χ0v) is 11.0. The summed E-state index contributed by atoms with van der Waals surface area (Å²) in [5.41, 5.74) is 2.58. The normalized spacial score (nSPS) is 15.5. The van der Waals surface area contributed by atoms with Gasteiger partial charge < -0.3 is 10.1 Å². The summed E-state index contributed by atoms with van der Waals surface area (Å²) in [5, 5.41) is 3.51. The molecule has 0 spiro atoms. The van der Waals surface area contributed by atoms with Crippen LogP contribution in [0.25, 0.3) is 6.08 Å². The van der Waals surface area contributed by atoms with E-state index in [-0.39, 0.29) is 0 Å². The Labute approximate surface area is 109 Å². The first-order chi connectivity index (χ1) is 8.78. The Morgan fingerprint density at radius 3 is 2.72 bits per heavy atom. The summed E-state index contributed by atoms with van der Waals surface area (Å²) in [5.74, 6) is 0.890. The summed E-state index contributed by atoms with van der Waals surface area (Å²) in [6.45, 7) is 7.34. The van der Waals surface area contributed by atoms with Crippen LogP contribution in [0.2, 0.25) is 0 Å². The molecule has 0 atom stereocenters. The highest BCUT2D eigenvalue weighted by Crippen LogP contribution is 2.19. The van der Waals surface area contributed by atoms with Gasteiger partial charge in [0.2, 0.25) is 0 Å². The third-order valence-corrected chi connectivity index (χ3v) is 2.91. The molecule has 1 aromatic rings. The lowest BCUT2D eigenvalue weighted by atomic mass is 10.1. The average Bonchev–Trinajstić information content (AvgIpc) is 3.20. The molecule has 1 N–H and O–H groups in total. The van der Waals surface area contributed by atoms with E-state index in [9.17, 15) is 0 Å². The lowest BCUT2D eigenvalue weighted by molar-refractivity contribution is 0.363. The van der Waals surface area contributed by atoms with Gasteiger partial charge in [-0.15, -0.1) is 0 Å². The average molecular weight is 243 g/mol.